The van der Waals surface area contributed by atoms with Crippen LogP contribution in [0.1, 0.15) is 12.2 Å². The second kappa shape index (κ2) is 6.55. The topological polar surface area (TPSA) is 102 Å². The fourth-order valence-electron chi connectivity index (χ4n) is 3.98. The minimum atomic E-state index is -3.70. The highest BCUT2D eigenvalue weighted by Gasteiger charge is 2.53. The minimum Gasteiger partial charge on any atom is -0.384 e. The Hall–Kier alpha value is -1.01. The van der Waals surface area contributed by atoms with Crippen LogP contribution < -0.4 is 0 Å². The minimum absolute atomic E-state index is 0.0368. The highest BCUT2D eigenvalue weighted by Crippen LogP contribution is 2.44. The van der Waals surface area contributed by atoms with Gasteiger partial charge in [-0.2, -0.15) is 4.31 Å². The number of ether oxygens (including phenoxy) is 1. The third-order valence-electron chi connectivity index (χ3n) is 5.66. The molecule has 0 saturated carbocycles. The summed E-state index contributed by atoms with van der Waals surface area (Å²) in [6.45, 7) is 3.46. The quantitative estimate of drug-likeness (QED) is 0.662. The van der Waals surface area contributed by atoms with Gasteiger partial charge >= 0.3 is 0 Å². The van der Waals surface area contributed by atoms with Gasteiger partial charge in [0, 0.05) is 51.9 Å². The summed E-state index contributed by atoms with van der Waals surface area (Å²) in [6, 6.07) is 0. The van der Waals surface area contributed by atoms with E-state index in [4.69, 9.17) is 4.74 Å². The van der Waals surface area contributed by atoms with E-state index in [9.17, 15) is 16.8 Å². The van der Waals surface area contributed by atoms with Crippen LogP contribution in [0, 0.1) is 18.3 Å². The van der Waals surface area contributed by atoms with Gasteiger partial charge in [-0.05, 0) is 19.3 Å². The first-order valence-electron chi connectivity index (χ1n) is 8.44. The van der Waals surface area contributed by atoms with Crippen molar-refractivity contribution >= 4 is 20.0 Å². The van der Waals surface area contributed by atoms with Crippen molar-refractivity contribution in [2.45, 2.75) is 18.4 Å². The van der Waals surface area contributed by atoms with Crippen LogP contribution in [0.5, 0.6) is 0 Å². The molecule has 3 heterocycles. The molecule has 2 saturated heterocycles. The molecule has 3 rings (SSSR count). The number of rotatable bonds is 5. The lowest BCUT2D eigenvalue weighted by molar-refractivity contribution is 0.0208. The molecule has 2 aliphatic rings. The zero-order valence-corrected chi connectivity index (χ0v) is 17.2. The predicted octanol–water partition coefficient (Wildman–Crippen LogP) is -0.353. The zero-order valence-electron chi connectivity index (χ0n) is 15.5. The summed E-state index contributed by atoms with van der Waals surface area (Å²) in [7, 11) is -3.69. The summed E-state index contributed by atoms with van der Waals surface area (Å²) in [4.78, 5) is 4.15. The maximum Gasteiger partial charge on any atom is 0.262 e. The number of nitrogens with zero attached hydrogens (tertiary/aromatic N) is 4. The van der Waals surface area contributed by atoms with Crippen molar-refractivity contribution < 1.29 is 21.6 Å². The van der Waals surface area contributed by atoms with E-state index in [0.717, 1.165) is 0 Å². The molecule has 1 aromatic heterocycles. The predicted molar refractivity (Wildman–Crippen MR) is 95.5 cm³/mol. The standard InChI is InChI=1S/C15H26N4O5S2/c1-12-16-14(9-17(12)2)26(22,23)18-6-5-15(11-24-3)10-19(25(4,20)21)8-13(15)7-18/h9,13H,5-8,10-11H2,1-4H3/t13-,15+/m1/s1. The van der Waals surface area contributed by atoms with Crippen LogP contribution in [0.4, 0.5) is 0 Å². The highest BCUT2D eigenvalue weighted by molar-refractivity contribution is 7.89. The molecular formula is C15H26N4O5S2. The van der Waals surface area contributed by atoms with E-state index >= 15 is 0 Å². The molecule has 2 atom stereocenters. The third kappa shape index (κ3) is 3.31. The molecule has 0 unspecified atom stereocenters. The van der Waals surface area contributed by atoms with Crippen molar-refractivity contribution in [2.75, 3.05) is 46.2 Å². The summed E-state index contributed by atoms with van der Waals surface area (Å²) in [5.41, 5.74) is -0.343. The van der Waals surface area contributed by atoms with E-state index in [1.54, 1.807) is 25.6 Å². The van der Waals surface area contributed by atoms with Gasteiger partial charge in [0.2, 0.25) is 10.0 Å². The molecule has 0 amide bonds. The number of sulfonamides is 2. The Labute approximate surface area is 155 Å². The first kappa shape index (κ1) is 19.7. The van der Waals surface area contributed by atoms with Crippen molar-refractivity contribution in [3.63, 3.8) is 0 Å². The molecule has 0 N–H and O–H groups in total. The normalized spacial score (nSPS) is 28.4. The van der Waals surface area contributed by atoms with Crippen molar-refractivity contribution in [3.05, 3.63) is 12.0 Å². The van der Waals surface area contributed by atoms with Gasteiger partial charge in [0.25, 0.3) is 10.0 Å². The lowest BCUT2D eigenvalue weighted by atomic mass is 9.74. The van der Waals surface area contributed by atoms with E-state index in [-0.39, 0.29) is 22.9 Å². The number of methoxy groups -OCH3 is 1. The van der Waals surface area contributed by atoms with Gasteiger partial charge in [-0.1, -0.05) is 0 Å². The summed E-state index contributed by atoms with van der Waals surface area (Å²) < 4.78 is 59.9. The van der Waals surface area contributed by atoms with Gasteiger partial charge in [0.1, 0.15) is 5.82 Å². The van der Waals surface area contributed by atoms with Gasteiger partial charge < -0.3 is 9.30 Å². The molecule has 0 bridgehead atoms. The average molecular weight is 407 g/mol. The molecular weight excluding hydrogens is 380 g/mol. The van der Waals surface area contributed by atoms with Gasteiger partial charge in [0.05, 0.1) is 12.9 Å². The molecule has 0 radical (unpaired) electrons. The molecule has 1 aromatic rings. The lowest BCUT2D eigenvalue weighted by Crippen LogP contribution is -2.50. The van der Waals surface area contributed by atoms with Crippen LogP contribution in [0.3, 0.4) is 0 Å². The molecule has 9 nitrogen and oxygen atoms in total. The second-order valence-electron chi connectivity index (χ2n) is 7.40. The summed E-state index contributed by atoms with van der Waals surface area (Å²) in [6.07, 6.45) is 3.26. The Morgan fingerprint density at radius 1 is 1.27 bits per heavy atom. The molecule has 0 aromatic carbocycles. The fraction of sp³-hybridized carbons (Fsp3) is 0.800. The molecule has 26 heavy (non-hydrogen) atoms. The first-order chi connectivity index (χ1) is 12.0. The number of hydrogen-bond donors (Lipinski definition) is 0. The van der Waals surface area contributed by atoms with Crippen LogP contribution >= 0.6 is 0 Å². The van der Waals surface area contributed by atoms with E-state index in [2.05, 4.69) is 4.98 Å². The van der Waals surface area contributed by atoms with Crippen LogP contribution in [0.25, 0.3) is 0 Å². The lowest BCUT2D eigenvalue weighted by Gasteiger charge is -2.42. The van der Waals surface area contributed by atoms with Gasteiger partial charge in [0.15, 0.2) is 5.03 Å². The van der Waals surface area contributed by atoms with Gasteiger partial charge in [-0.3, -0.25) is 0 Å². The van der Waals surface area contributed by atoms with E-state index in [0.29, 0.717) is 38.5 Å². The molecule has 148 valence electrons. The molecule has 2 aliphatic heterocycles. The summed E-state index contributed by atoms with van der Waals surface area (Å²) in [5, 5.41) is 0.0368. The van der Waals surface area contributed by atoms with Crippen LogP contribution in [-0.4, -0.2) is 81.1 Å². The van der Waals surface area contributed by atoms with Crippen LogP contribution in [0.15, 0.2) is 11.2 Å². The second-order valence-corrected chi connectivity index (χ2v) is 11.3. The Bertz CT molecular complexity index is 876. The number of aryl methyl sites for hydroxylation is 2. The van der Waals surface area contributed by atoms with Crippen LogP contribution in [0.2, 0.25) is 0 Å². The number of hydrogen-bond acceptors (Lipinski definition) is 6. The van der Waals surface area contributed by atoms with E-state index in [1.807, 2.05) is 0 Å². The maximum atomic E-state index is 13.0. The molecule has 0 aliphatic carbocycles. The molecule has 0 spiro atoms. The SMILES string of the molecule is COC[C@@]12CCN(S(=O)(=O)c3cn(C)c(C)n3)C[C@@H]1CN(S(C)(=O)=O)C2. The van der Waals surface area contributed by atoms with Crippen LogP contribution in [-0.2, 0) is 31.8 Å². The zero-order chi connectivity index (χ0) is 19.3. The van der Waals surface area contributed by atoms with Crippen molar-refractivity contribution in [2.24, 2.45) is 18.4 Å². The van der Waals surface area contributed by atoms with E-state index < -0.39 is 20.0 Å². The summed E-state index contributed by atoms with van der Waals surface area (Å²) in [5.74, 6) is 0.518. The Morgan fingerprint density at radius 3 is 2.46 bits per heavy atom. The van der Waals surface area contributed by atoms with Gasteiger partial charge in [-0.25, -0.2) is 26.1 Å². The number of aromatic nitrogens is 2. The van der Waals surface area contributed by atoms with Crippen molar-refractivity contribution in [3.8, 4) is 0 Å². The van der Waals surface area contributed by atoms with Crippen molar-refractivity contribution in [1.29, 1.82) is 0 Å². The number of imidazole rings is 1. The molecule has 11 heteroatoms. The first-order valence-corrected chi connectivity index (χ1v) is 11.7. The number of piperidine rings is 1. The highest BCUT2D eigenvalue weighted by atomic mass is 32.2. The number of fused-ring (bicyclic) bond motifs is 1. The Morgan fingerprint density at radius 2 is 1.92 bits per heavy atom. The summed E-state index contributed by atoms with van der Waals surface area (Å²) >= 11 is 0. The monoisotopic (exact) mass is 406 g/mol. The van der Waals surface area contributed by atoms with Crippen molar-refractivity contribution in [1.82, 2.24) is 18.2 Å². The Balaban J connectivity index is 1.88. The van der Waals surface area contributed by atoms with Gasteiger partial charge in [-0.15, -0.1) is 0 Å². The fourth-order valence-corrected chi connectivity index (χ4v) is 6.43. The maximum absolute atomic E-state index is 13.0. The molecule has 2 fully saturated rings. The Kier molecular flexibility index (Phi) is 4.98. The average Bonchev–Trinajstić information content (AvgIpc) is 3.08. The third-order valence-corrected chi connectivity index (χ3v) is 8.61. The largest absolute Gasteiger partial charge is 0.384 e. The van der Waals surface area contributed by atoms with E-state index in [1.165, 1.54) is 21.1 Å². The smallest absolute Gasteiger partial charge is 0.262 e.